The quantitative estimate of drug-likeness (QED) is 0.742. The molecule has 0 spiro atoms. The molecule has 1 fully saturated rings. The summed E-state index contributed by atoms with van der Waals surface area (Å²) in [5.41, 5.74) is 1.36. The second-order valence-corrected chi connectivity index (χ2v) is 9.03. The maximum absolute atomic E-state index is 12.6. The summed E-state index contributed by atoms with van der Waals surface area (Å²) in [7, 11) is -3.31. The molecule has 0 bridgehead atoms. The minimum Gasteiger partial charge on any atom is -0.342 e. The highest BCUT2D eigenvalue weighted by atomic mass is 32.2. The fraction of sp³-hybridized carbons (Fsp3) is 0.333. The van der Waals surface area contributed by atoms with Crippen molar-refractivity contribution in [2.75, 3.05) is 18.8 Å². The maximum atomic E-state index is 12.6. The monoisotopic (exact) mass is 385 g/mol. The Bertz CT molecular complexity index is 894. The van der Waals surface area contributed by atoms with Crippen molar-refractivity contribution >= 4 is 21.5 Å². The Balaban J connectivity index is 1.61. The first kappa shape index (κ1) is 19.3. The molecule has 0 aromatic heterocycles. The van der Waals surface area contributed by atoms with E-state index in [0.29, 0.717) is 18.5 Å². The van der Waals surface area contributed by atoms with Gasteiger partial charge in [-0.1, -0.05) is 60.7 Å². The largest absolute Gasteiger partial charge is 0.342 e. The van der Waals surface area contributed by atoms with Crippen LogP contribution in [0, 0.1) is 0 Å². The molecule has 0 aliphatic carbocycles. The lowest BCUT2D eigenvalue weighted by Gasteiger charge is -2.20. The normalized spacial score (nSPS) is 19.3. The number of Topliss-reactive ketones (excluding diaryl/α,β-unsaturated/α-hetero) is 1. The van der Waals surface area contributed by atoms with Gasteiger partial charge < -0.3 is 4.90 Å². The molecule has 1 atom stereocenters. The van der Waals surface area contributed by atoms with Gasteiger partial charge in [-0.3, -0.25) is 9.59 Å². The zero-order chi connectivity index (χ0) is 19.3. The molecule has 1 saturated heterocycles. The van der Waals surface area contributed by atoms with Gasteiger partial charge >= 0.3 is 0 Å². The van der Waals surface area contributed by atoms with Gasteiger partial charge in [-0.25, -0.2) is 8.42 Å². The third-order valence-electron chi connectivity index (χ3n) is 4.93. The predicted molar refractivity (Wildman–Crippen MR) is 104 cm³/mol. The number of amides is 1. The molecule has 0 unspecified atom stereocenters. The smallest absolute Gasteiger partial charge is 0.223 e. The number of hydrogen-bond acceptors (Lipinski definition) is 4. The number of nitrogens with zero attached hydrogens (tertiary/aromatic N) is 1. The average Bonchev–Trinajstić information content (AvgIpc) is 2.85. The van der Waals surface area contributed by atoms with Crippen molar-refractivity contribution in [1.82, 2.24) is 4.90 Å². The average molecular weight is 385 g/mol. The maximum Gasteiger partial charge on any atom is 0.223 e. The van der Waals surface area contributed by atoms with E-state index in [1.165, 1.54) is 0 Å². The molecule has 1 heterocycles. The van der Waals surface area contributed by atoms with Gasteiger partial charge in [-0.05, 0) is 12.0 Å². The molecule has 0 N–H and O–H groups in total. The van der Waals surface area contributed by atoms with Crippen molar-refractivity contribution in [2.45, 2.75) is 24.5 Å². The Morgan fingerprint density at radius 1 is 0.889 bits per heavy atom. The molecule has 0 radical (unpaired) electrons. The summed E-state index contributed by atoms with van der Waals surface area (Å²) in [6.45, 7) is 0.571. The zero-order valence-corrected chi connectivity index (χ0v) is 15.9. The van der Waals surface area contributed by atoms with Crippen molar-refractivity contribution < 1.29 is 18.0 Å². The van der Waals surface area contributed by atoms with Gasteiger partial charge in [-0.2, -0.15) is 0 Å². The van der Waals surface area contributed by atoms with Crippen LogP contribution in [0.15, 0.2) is 60.7 Å². The van der Waals surface area contributed by atoms with Crippen molar-refractivity contribution in [3.8, 4) is 0 Å². The van der Waals surface area contributed by atoms with E-state index in [1.54, 1.807) is 29.2 Å². The Morgan fingerprint density at radius 3 is 2.19 bits per heavy atom. The van der Waals surface area contributed by atoms with Gasteiger partial charge in [0.2, 0.25) is 5.91 Å². The number of sulfone groups is 1. The lowest BCUT2D eigenvalue weighted by atomic mass is 10.1. The highest BCUT2D eigenvalue weighted by Crippen LogP contribution is 2.29. The molecule has 3 rings (SSSR count). The summed E-state index contributed by atoms with van der Waals surface area (Å²) in [4.78, 5) is 26.3. The summed E-state index contributed by atoms with van der Waals surface area (Å²) in [5.74, 6) is -0.290. The van der Waals surface area contributed by atoms with Crippen LogP contribution in [0.2, 0.25) is 0 Å². The SMILES string of the molecule is O=C(CCC(=O)N1CC[C@H](c2ccccc2)S(=O)(=O)CC1)c1ccccc1. The van der Waals surface area contributed by atoms with Crippen LogP contribution in [-0.4, -0.2) is 43.9 Å². The molecule has 142 valence electrons. The minimum atomic E-state index is -3.31. The molecule has 0 saturated carbocycles. The second-order valence-electron chi connectivity index (χ2n) is 6.72. The Labute approximate surface area is 159 Å². The van der Waals surface area contributed by atoms with Crippen molar-refractivity contribution in [3.05, 3.63) is 71.8 Å². The summed E-state index contributed by atoms with van der Waals surface area (Å²) in [6.07, 6.45) is 0.614. The Kier molecular flexibility index (Phi) is 6.06. The Hall–Kier alpha value is -2.47. The van der Waals surface area contributed by atoms with E-state index in [1.807, 2.05) is 36.4 Å². The van der Waals surface area contributed by atoms with Crippen LogP contribution in [0.3, 0.4) is 0 Å². The topological polar surface area (TPSA) is 71.5 Å². The number of hydrogen-bond donors (Lipinski definition) is 0. The van der Waals surface area contributed by atoms with Gasteiger partial charge in [0.25, 0.3) is 0 Å². The third kappa shape index (κ3) is 4.83. The molecule has 1 aliphatic heterocycles. The van der Waals surface area contributed by atoms with Crippen LogP contribution < -0.4 is 0 Å². The molecule has 1 aliphatic rings. The fourth-order valence-electron chi connectivity index (χ4n) is 3.38. The van der Waals surface area contributed by atoms with E-state index in [-0.39, 0.29) is 36.8 Å². The van der Waals surface area contributed by atoms with E-state index in [4.69, 9.17) is 0 Å². The number of ketones is 1. The minimum absolute atomic E-state index is 0.0507. The fourth-order valence-corrected chi connectivity index (χ4v) is 5.18. The molecular formula is C21H23NO4S. The van der Waals surface area contributed by atoms with Crippen molar-refractivity contribution in [2.24, 2.45) is 0 Å². The molecule has 6 heteroatoms. The zero-order valence-electron chi connectivity index (χ0n) is 15.1. The second kappa shape index (κ2) is 8.48. The van der Waals surface area contributed by atoms with E-state index in [9.17, 15) is 18.0 Å². The number of rotatable bonds is 5. The van der Waals surface area contributed by atoms with E-state index in [0.717, 1.165) is 5.56 Å². The van der Waals surface area contributed by atoms with Gasteiger partial charge in [0.05, 0.1) is 11.0 Å². The molecule has 2 aromatic carbocycles. The number of benzene rings is 2. The van der Waals surface area contributed by atoms with Crippen LogP contribution in [0.5, 0.6) is 0 Å². The lowest BCUT2D eigenvalue weighted by molar-refractivity contribution is -0.130. The van der Waals surface area contributed by atoms with E-state index in [2.05, 4.69) is 0 Å². The highest BCUT2D eigenvalue weighted by molar-refractivity contribution is 7.91. The van der Waals surface area contributed by atoms with E-state index >= 15 is 0 Å². The van der Waals surface area contributed by atoms with Gasteiger partial charge in [-0.15, -0.1) is 0 Å². The van der Waals surface area contributed by atoms with E-state index < -0.39 is 15.1 Å². The van der Waals surface area contributed by atoms with Crippen LogP contribution in [0.25, 0.3) is 0 Å². The van der Waals surface area contributed by atoms with Crippen LogP contribution >= 0.6 is 0 Å². The number of carbonyl (C=O) groups is 2. The van der Waals surface area contributed by atoms with Crippen LogP contribution in [0.4, 0.5) is 0 Å². The Morgan fingerprint density at radius 2 is 1.52 bits per heavy atom. The molecule has 2 aromatic rings. The lowest BCUT2D eigenvalue weighted by Crippen LogP contribution is -2.33. The summed E-state index contributed by atoms with van der Waals surface area (Å²) < 4.78 is 25.3. The first-order valence-electron chi connectivity index (χ1n) is 9.10. The molecule has 27 heavy (non-hydrogen) atoms. The van der Waals surface area contributed by atoms with Gasteiger partial charge in [0.15, 0.2) is 15.6 Å². The standard InChI is InChI=1S/C21H23NO4S/c23-19(17-7-3-1-4-8-17)11-12-21(24)22-14-13-20(27(25,26)16-15-22)18-9-5-2-6-10-18/h1-10,20H,11-16H2/t20-/m1/s1. The molecular weight excluding hydrogens is 362 g/mol. The highest BCUT2D eigenvalue weighted by Gasteiger charge is 2.32. The first-order valence-corrected chi connectivity index (χ1v) is 10.8. The van der Waals surface area contributed by atoms with Crippen molar-refractivity contribution in [1.29, 1.82) is 0 Å². The number of carbonyl (C=O) groups excluding carboxylic acids is 2. The van der Waals surface area contributed by atoms with Crippen LogP contribution in [-0.2, 0) is 14.6 Å². The summed E-state index contributed by atoms with van der Waals surface area (Å²) in [5, 5.41) is -0.581. The summed E-state index contributed by atoms with van der Waals surface area (Å²) in [6, 6.07) is 18.0. The molecule has 5 nitrogen and oxygen atoms in total. The van der Waals surface area contributed by atoms with Crippen molar-refractivity contribution in [3.63, 3.8) is 0 Å². The summed E-state index contributed by atoms with van der Waals surface area (Å²) >= 11 is 0. The van der Waals surface area contributed by atoms with Gasteiger partial charge in [0.1, 0.15) is 0 Å². The molecule has 1 amide bonds. The third-order valence-corrected chi connectivity index (χ3v) is 7.05. The first-order chi connectivity index (χ1) is 13.0. The van der Waals surface area contributed by atoms with Gasteiger partial charge in [0, 0.05) is 31.5 Å². The van der Waals surface area contributed by atoms with Crippen LogP contribution in [0.1, 0.15) is 40.4 Å². The predicted octanol–water partition coefficient (Wildman–Crippen LogP) is 3.04.